The van der Waals surface area contributed by atoms with Crippen molar-refractivity contribution in [2.75, 3.05) is 6.54 Å². The minimum atomic E-state index is -0.0673. The fraction of sp³-hybridized carbons (Fsp3) is 0.350. The number of carbonyl (C=O) groups is 1. The number of carbonyl (C=O) groups excluding carboxylic acids is 1. The third-order valence-corrected chi connectivity index (χ3v) is 4.76. The monoisotopic (exact) mass is 385 g/mol. The van der Waals surface area contributed by atoms with Crippen LogP contribution in [0.1, 0.15) is 39.4 Å². The van der Waals surface area contributed by atoms with Crippen molar-refractivity contribution in [3.63, 3.8) is 0 Å². The Morgan fingerprint density at radius 1 is 1.15 bits per heavy atom. The molecule has 1 aromatic carbocycles. The number of nitrogens with zero attached hydrogens (tertiary/aromatic N) is 4. The van der Waals surface area contributed by atoms with Crippen molar-refractivity contribution >= 4 is 17.5 Å². The second-order valence-corrected chi connectivity index (χ2v) is 7.12. The van der Waals surface area contributed by atoms with Gasteiger partial charge in [-0.2, -0.15) is 10.2 Å². The zero-order valence-electron chi connectivity index (χ0n) is 15.9. The largest absolute Gasteiger partial charge is 0.352 e. The summed E-state index contributed by atoms with van der Waals surface area (Å²) in [5.41, 5.74) is 4.73. The molecular formula is C20H24ClN5O. The first-order valence-electron chi connectivity index (χ1n) is 9.00. The second-order valence-electron chi connectivity index (χ2n) is 6.72. The Morgan fingerprint density at radius 2 is 1.89 bits per heavy atom. The number of rotatable bonds is 7. The van der Waals surface area contributed by atoms with E-state index >= 15 is 0 Å². The molecule has 2 aromatic heterocycles. The molecule has 0 atom stereocenters. The van der Waals surface area contributed by atoms with Crippen LogP contribution in [0.15, 0.2) is 36.5 Å². The minimum Gasteiger partial charge on any atom is -0.352 e. The average molecular weight is 386 g/mol. The number of aryl methyl sites for hydroxylation is 4. The number of hydrogen-bond acceptors (Lipinski definition) is 3. The number of benzene rings is 1. The van der Waals surface area contributed by atoms with Crippen LogP contribution in [0.4, 0.5) is 0 Å². The summed E-state index contributed by atoms with van der Waals surface area (Å²) < 4.78 is 3.77. The molecule has 2 heterocycles. The Balaban J connectivity index is 1.47. The summed E-state index contributed by atoms with van der Waals surface area (Å²) in [6.07, 6.45) is 2.60. The minimum absolute atomic E-state index is 0.0673. The van der Waals surface area contributed by atoms with E-state index in [1.807, 2.05) is 49.7 Å². The van der Waals surface area contributed by atoms with Gasteiger partial charge >= 0.3 is 0 Å². The fourth-order valence-electron chi connectivity index (χ4n) is 2.92. The van der Waals surface area contributed by atoms with Gasteiger partial charge in [0, 0.05) is 30.5 Å². The van der Waals surface area contributed by atoms with E-state index < -0.39 is 0 Å². The summed E-state index contributed by atoms with van der Waals surface area (Å²) in [5.74, 6) is -0.0673. The van der Waals surface area contributed by atoms with E-state index in [-0.39, 0.29) is 5.91 Å². The van der Waals surface area contributed by atoms with Crippen molar-refractivity contribution in [3.8, 4) is 0 Å². The Hall–Kier alpha value is -2.60. The first-order valence-corrected chi connectivity index (χ1v) is 9.38. The highest BCUT2D eigenvalue weighted by molar-refractivity contribution is 6.31. The summed E-state index contributed by atoms with van der Waals surface area (Å²) >= 11 is 5.99. The molecule has 7 heteroatoms. The van der Waals surface area contributed by atoms with Gasteiger partial charge in [0.15, 0.2) is 0 Å². The van der Waals surface area contributed by atoms with Gasteiger partial charge < -0.3 is 5.32 Å². The highest BCUT2D eigenvalue weighted by Gasteiger charge is 2.07. The lowest BCUT2D eigenvalue weighted by Gasteiger charge is -2.08. The van der Waals surface area contributed by atoms with Gasteiger partial charge in [-0.15, -0.1) is 0 Å². The molecule has 1 amide bonds. The quantitative estimate of drug-likeness (QED) is 0.633. The van der Waals surface area contributed by atoms with Crippen LogP contribution in [0.5, 0.6) is 0 Å². The molecule has 0 unspecified atom stereocenters. The predicted octanol–water partition coefficient (Wildman–Crippen LogP) is 3.53. The molecule has 27 heavy (non-hydrogen) atoms. The highest BCUT2D eigenvalue weighted by Crippen LogP contribution is 2.12. The van der Waals surface area contributed by atoms with Gasteiger partial charge in [-0.1, -0.05) is 23.7 Å². The lowest BCUT2D eigenvalue weighted by molar-refractivity contribution is 0.0952. The van der Waals surface area contributed by atoms with E-state index in [4.69, 9.17) is 11.6 Å². The molecule has 0 aliphatic rings. The number of aromatic nitrogens is 4. The van der Waals surface area contributed by atoms with Crippen LogP contribution in [-0.2, 0) is 13.1 Å². The van der Waals surface area contributed by atoms with Crippen LogP contribution in [0.3, 0.4) is 0 Å². The summed E-state index contributed by atoms with van der Waals surface area (Å²) in [4.78, 5) is 12.3. The lowest BCUT2D eigenvalue weighted by atomic mass is 10.1. The van der Waals surface area contributed by atoms with Gasteiger partial charge in [0.05, 0.1) is 23.0 Å². The topological polar surface area (TPSA) is 64.7 Å². The molecule has 3 rings (SSSR count). The molecule has 0 radical (unpaired) electrons. The van der Waals surface area contributed by atoms with Gasteiger partial charge in [0.25, 0.3) is 5.91 Å². The molecule has 142 valence electrons. The molecule has 0 fully saturated rings. The van der Waals surface area contributed by atoms with Crippen LogP contribution >= 0.6 is 11.6 Å². The molecule has 0 spiro atoms. The zero-order chi connectivity index (χ0) is 19.4. The van der Waals surface area contributed by atoms with Crippen LogP contribution in [0.25, 0.3) is 0 Å². The Labute approximate surface area is 164 Å². The smallest absolute Gasteiger partial charge is 0.251 e. The van der Waals surface area contributed by atoms with Gasteiger partial charge in [-0.05, 0) is 51.0 Å². The molecule has 0 saturated carbocycles. The summed E-state index contributed by atoms with van der Waals surface area (Å²) in [5, 5.41) is 12.4. The molecule has 1 N–H and O–H groups in total. The van der Waals surface area contributed by atoms with Crippen LogP contribution in [0.2, 0.25) is 5.02 Å². The van der Waals surface area contributed by atoms with E-state index in [2.05, 4.69) is 21.6 Å². The summed E-state index contributed by atoms with van der Waals surface area (Å²) in [6.45, 7) is 7.91. The zero-order valence-corrected chi connectivity index (χ0v) is 16.6. The first-order chi connectivity index (χ1) is 12.9. The van der Waals surface area contributed by atoms with E-state index in [1.54, 1.807) is 10.9 Å². The maximum Gasteiger partial charge on any atom is 0.251 e. The van der Waals surface area contributed by atoms with E-state index in [0.29, 0.717) is 23.7 Å². The summed E-state index contributed by atoms with van der Waals surface area (Å²) in [6, 6.07) is 9.71. The van der Waals surface area contributed by atoms with Crippen molar-refractivity contribution in [1.82, 2.24) is 24.9 Å². The lowest BCUT2D eigenvalue weighted by Crippen LogP contribution is -2.25. The first kappa shape index (κ1) is 19.2. The second kappa shape index (κ2) is 8.39. The SMILES string of the molecule is Cc1cc(C)n(Cc2ccc(C(=O)NCCCn3cc(Cl)c(C)n3)cc2)n1. The van der Waals surface area contributed by atoms with Crippen LogP contribution < -0.4 is 5.32 Å². The van der Waals surface area contributed by atoms with Crippen molar-refractivity contribution in [1.29, 1.82) is 0 Å². The van der Waals surface area contributed by atoms with Gasteiger partial charge in [-0.3, -0.25) is 14.2 Å². The Kier molecular flexibility index (Phi) is 5.96. The van der Waals surface area contributed by atoms with E-state index in [0.717, 1.165) is 35.6 Å². The highest BCUT2D eigenvalue weighted by atomic mass is 35.5. The van der Waals surface area contributed by atoms with Gasteiger partial charge in [0.1, 0.15) is 0 Å². The van der Waals surface area contributed by atoms with Crippen molar-refractivity contribution in [2.45, 2.75) is 40.3 Å². The summed E-state index contributed by atoms with van der Waals surface area (Å²) in [7, 11) is 0. The number of halogens is 1. The van der Waals surface area contributed by atoms with E-state index in [9.17, 15) is 4.79 Å². The molecule has 0 aliphatic carbocycles. The molecule has 0 bridgehead atoms. The normalized spacial score (nSPS) is 11.0. The van der Waals surface area contributed by atoms with Crippen molar-refractivity contribution in [2.24, 2.45) is 0 Å². The molecule has 0 aliphatic heterocycles. The Morgan fingerprint density at radius 3 is 2.48 bits per heavy atom. The van der Waals surface area contributed by atoms with Gasteiger partial charge in [-0.25, -0.2) is 0 Å². The van der Waals surface area contributed by atoms with Crippen LogP contribution in [-0.4, -0.2) is 32.0 Å². The van der Waals surface area contributed by atoms with Crippen LogP contribution in [0, 0.1) is 20.8 Å². The number of nitrogens with one attached hydrogen (secondary N) is 1. The van der Waals surface area contributed by atoms with Crippen molar-refractivity contribution in [3.05, 3.63) is 69.8 Å². The maximum absolute atomic E-state index is 12.3. The third kappa shape index (κ3) is 4.98. The number of hydrogen-bond donors (Lipinski definition) is 1. The van der Waals surface area contributed by atoms with Crippen molar-refractivity contribution < 1.29 is 4.79 Å². The molecule has 6 nitrogen and oxygen atoms in total. The molecular weight excluding hydrogens is 362 g/mol. The average Bonchev–Trinajstić information content (AvgIpc) is 3.12. The maximum atomic E-state index is 12.3. The van der Waals surface area contributed by atoms with E-state index in [1.165, 1.54) is 0 Å². The number of amides is 1. The molecule has 3 aromatic rings. The Bertz CT molecular complexity index is 907. The third-order valence-electron chi connectivity index (χ3n) is 4.39. The predicted molar refractivity (Wildman–Crippen MR) is 106 cm³/mol. The fourth-order valence-corrected chi connectivity index (χ4v) is 3.07. The molecule has 0 saturated heterocycles. The standard InChI is InChI=1S/C20H24ClN5O/c1-14-11-15(2)26(23-14)12-17-5-7-18(8-6-17)20(27)22-9-4-10-25-13-19(21)16(3)24-25/h5-8,11,13H,4,9-10,12H2,1-3H3,(H,22,27). The van der Waals surface area contributed by atoms with Gasteiger partial charge in [0.2, 0.25) is 0 Å².